The molecule has 1 heterocycles. The van der Waals surface area contributed by atoms with Crippen molar-refractivity contribution in [2.24, 2.45) is 5.92 Å². The van der Waals surface area contributed by atoms with Gasteiger partial charge in [0.15, 0.2) is 0 Å². The fraction of sp³-hybridized carbons (Fsp3) is 0.636. The van der Waals surface area contributed by atoms with Crippen LogP contribution >= 0.6 is 0 Å². The lowest BCUT2D eigenvalue weighted by atomic mass is 10.0. The Balaban J connectivity index is 2.22. The molecule has 0 amide bonds. The average molecular weight is 181 g/mol. The Kier molecular flexibility index (Phi) is 4.44. The van der Waals surface area contributed by atoms with Crippen LogP contribution in [0, 0.1) is 5.92 Å². The van der Waals surface area contributed by atoms with Crippen LogP contribution in [0.25, 0.3) is 0 Å². The number of nitrogens with one attached hydrogen (secondary N) is 1. The lowest BCUT2D eigenvalue weighted by molar-refractivity contribution is 0.276. The first-order valence-corrected chi connectivity index (χ1v) is 5.12. The molecule has 0 saturated heterocycles. The van der Waals surface area contributed by atoms with Crippen LogP contribution in [0.1, 0.15) is 39.5 Å². The third-order valence-electron chi connectivity index (χ3n) is 2.32. The third-order valence-corrected chi connectivity index (χ3v) is 2.32. The first-order valence-electron chi connectivity index (χ1n) is 5.12. The molecule has 0 spiro atoms. The van der Waals surface area contributed by atoms with E-state index in [1.165, 1.54) is 25.7 Å². The standard InChI is InChI=1S/C11H19NO/c1-3-4-5-6-10(2)11-9-12-7-8-13-11/h7-10,12H,3-6H2,1-2H3. The van der Waals surface area contributed by atoms with Gasteiger partial charge in [0.25, 0.3) is 0 Å². The maximum Gasteiger partial charge on any atom is 0.122 e. The smallest absolute Gasteiger partial charge is 0.122 e. The highest BCUT2D eigenvalue weighted by Crippen LogP contribution is 2.20. The highest BCUT2D eigenvalue weighted by atomic mass is 16.5. The monoisotopic (exact) mass is 181 g/mol. The van der Waals surface area contributed by atoms with Gasteiger partial charge in [-0.1, -0.05) is 33.1 Å². The van der Waals surface area contributed by atoms with E-state index in [-0.39, 0.29) is 0 Å². The molecular weight excluding hydrogens is 162 g/mol. The molecule has 1 unspecified atom stereocenters. The minimum atomic E-state index is 0.531. The van der Waals surface area contributed by atoms with Crippen LogP contribution in [0.2, 0.25) is 0 Å². The van der Waals surface area contributed by atoms with Gasteiger partial charge in [-0.05, 0) is 6.42 Å². The van der Waals surface area contributed by atoms with Gasteiger partial charge in [0.2, 0.25) is 0 Å². The molecule has 2 nitrogen and oxygen atoms in total. The molecule has 2 heteroatoms. The van der Waals surface area contributed by atoms with Gasteiger partial charge in [0.05, 0.1) is 0 Å². The van der Waals surface area contributed by atoms with Crippen molar-refractivity contribution in [2.45, 2.75) is 39.5 Å². The fourth-order valence-corrected chi connectivity index (χ4v) is 1.42. The topological polar surface area (TPSA) is 21.3 Å². The number of rotatable bonds is 5. The summed E-state index contributed by atoms with van der Waals surface area (Å²) in [5.41, 5.74) is 0. The Morgan fingerprint density at radius 1 is 1.46 bits per heavy atom. The second-order valence-corrected chi connectivity index (χ2v) is 3.53. The van der Waals surface area contributed by atoms with E-state index in [0.29, 0.717) is 5.92 Å². The second kappa shape index (κ2) is 5.68. The Morgan fingerprint density at radius 2 is 2.31 bits per heavy atom. The van der Waals surface area contributed by atoms with Gasteiger partial charge in [0, 0.05) is 18.3 Å². The van der Waals surface area contributed by atoms with Crippen molar-refractivity contribution in [2.75, 3.05) is 0 Å². The predicted octanol–water partition coefficient (Wildman–Crippen LogP) is 3.14. The minimum absolute atomic E-state index is 0.531. The SMILES string of the molecule is CCCCCC(C)C1=CNC=CO1. The van der Waals surface area contributed by atoms with Crippen LogP contribution in [0.15, 0.2) is 24.4 Å². The van der Waals surface area contributed by atoms with Crippen LogP contribution < -0.4 is 5.32 Å². The predicted molar refractivity (Wildman–Crippen MR) is 54.7 cm³/mol. The van der Waals surface area contributed by atoms with Gasteiger partial charge in [-0.2, -0.15) is 0 Å². The van der Waals surface area contributed by atoms with Gasteiger partial charge in [-0.15, -0.1) is 0 Å². The van der Waals surface area contributed by atoms with Gasteiger partial charge < -0.3 is 10.1 Å². The Hall–Kier alpha value is -0.920. The first kappa shape index (κ1) is 10.2. The number of hydrogen-bond donors (Lipinski definition) is 1. The van der Waals surface area contributed by atoms with Gasteiger partial charge in [-0.3, -0.25) is 0 Å². The van der Waals surface area contributed by atoms with E-state index < -0.39 is 0 Å². The summed E-state index contributed by atoms with van der Waals surface area (Å²) in [7, 11) is 0. The van der Waals surface area contributed by atoms with E-state index in [2.05, 4.69) is 19.2 Å². The Bertz CT molecular complexity index is 196. The zero-order valence-corrected chi connectivity index (χ0v) is 8.55. The average Bonchev–Trinajstić information content (AvgIpc) is 2.19. The summed E-state index contributed by atoms with van der Waals surface area (Å²) < 4.78 is 5.39. The van der Waals surface area contributed by atoms with Crippen molar-refractivity contribution >= 4 is 0 Å². The van der Waals surface area contributed by atoms with Crippen LogP contribution in [0.4, 0.5) is 0 Å². The van der Waals surface area contributed by atoms with E-state index in [1.54, 1.807) is 12.5 Å². The molecule has 74 valence electrons. The van der Waals surface area contributed by atoms with Crippen LogP contribution in [0.3, 0.4) is 0 Å². The number of allylic oxidation sites excluding steroid dienone is 1. The molecule has 0 bridgehead atoms. The van der Waals surface area contributed by atoms with Crippen LogP contribution in [-0.2, 0) is 4.74 Å². The van der Waals surface area contributed by atoms with Crippen molar-refractivity contribution in [3.63, 3.8) is 0 Å². The van der Waals surface area contributed by atoms with E-state index in [0.717, 1.165) is 5.76 Å². The molecule has 0 radical (unpaired) electrons. The van der Waals surface area contributed by atoms with Crippen molar-refractivity contribution in [1.82, 2.24) is 5.32 Å². The zero-order valence-electron chi connectivity index (χ0n) is 8.55. The normalized spacial score (nSPS) is 17.2. The first-order chi connectivity index (χ1) is 6.34. The van der Waals surface area contributed by atoms with Gasteiger partial charge in [0.1, 0.15) is 12.0 Å². The maximum absolute atomic E-state index is 5.39. The Morgan fingerprint density at radius 3 is 2.92 bits per heavy atom. The lowest BCUT2D eigenvalue weighted by Crippen LogP contribution is -2.09. The van der Waals surface area contributed by atoms with E-state index >= 15 is 0 Å². The maximum atomic E-state index is 5.39. The molecule has 0 saturated carbocycles. The molecule has 0 aromatic carbocycles. The molecular formula is C11H19NO. The van der Waals surface area contributed by atoms with Crippen molar-refractivity contribution in [3.8, 4) is 0 Å². The van der Waals surface area contributed by atoms with E-state index in [1.807, 2.05) is 6.20 Å². The summed E-state index contributed by atoms with van der Waals surface area (Å²) in [5.74, 6) is 1.59. The molecule has 0 fully saturated rings. The summed E-state index contributed by atoms with van der Waals surface area (Å²) in [6, 6.07) is 0. The van der Waals surface area contributed by atoms with E-state index in [9.17, 15) is 0 Å². The lowest BCUT2D eigenvalue weighted by Gasteiger charge is -2.16. The quantitative estimate of drug-likeness (QED) is 0.658. The zero-order chi connectivity index (χ0) is 9.52. The molecule has 1 atom stereocenters. The summed E-state index contributed by atoms with van der Waals surface area (Å²) >= 11 is 0. The summed E-state index contributed by atoms with van der Waals surface area (Å²) in [5, 5.41) is 3.04. The summed E-state index contributed by atoms with van der Waals surface area (Å²) in [6.45, 7) is 4.44. The fourth-order valence-electron chi connectivity index (χ4n) is 1.42. The van der Waals surface area contributed by atoms with E-state index in [4.69, 9.17) is 4.74 Å². The molecule has 1 N–H and O–H groups in total. The molecule has 1 aliphatic heterocycles. The largest absolute Gasteiger partial charge is 0.466 e. The molecule has 0 aliphatic carbocycles. The minimum Gasteiger partial charge on any atom is -0.466 e. The van der Waals surface area contributed by atoms with Crippen LogP contribution in [-0.4, -0.2) is 0 Å². The summed E-state index contributed by atoms with van der Waals surface area (Å²) in [4.78, 5) is 0. The van der Waals surface area contributed by atoms with Crippen LogP contribution in [0.5, 0.6) is 0 Å². The molecule has 1 aliphatic rings. The van der Waals surface area contributed by atoms with Gasteiger partial charge >= 0.3 is 0 Å². The molecule has 0 aromatic rings. The van der Waals surface area contributed by atoms with Gasteiger partial charge in [-0.25, -0.2) is 0 Å². The summed E-state index contributed by atoms with van der Waals surface area (Å²) in [6.07, 6.45) is 10.5. The molecule has 13 heavy (non-hydrogen) atoms. The number of unbranched alkanes of at least 4 members (excludes halogenated alkanes) is 2. The van der Waals surface area contributed by atoms with Crippen molar-refractivity contribution < 1.29 is 4.74 Å². The number of ether oxygens (including phenoxy) is 1. The highest BCUT2D eigenvalue weighted by Gasteiger charge is 2.10. The third kappa shape index (κ3) is 3.53. The number of hydrogen-bond acceptors (Lipinski definition) is 2. The van der Waals surface area contributed by atoms with Crippen molar-refractivity contribution in [1.29, 1.82) is 0 Å². The molecule has 0 aromatic heterocycles. The highest BCUT2D eigenvalue weighted by molar-refractivity contribution is 5.03. The van der Waals surface area contributed by atoms with Crippen molar-refractivity contribution in [3.05, 3.63) is 24.4 Å². The second-order valence-electron chi connectivity index (χ2n) is 3.53. The molecule has 1 rings (SSSR count). The Labute approximate surface area is 80.7 Å².